The van der Waals surface area contributed by atoms with Crippen molar-refractivity contribution >= 4 is 34.1 Å². The molecule has 0 radical (unpaired) electrons. The lowest BCUT2D eigenvalue weighted by atomic mass is 10.1. The first-order valence-corrected chi connectivity index (χ1v) is 9.99. The summed E-state index contributed by atoms with van der Waals surface area (Å²) in [6.45, 7) is 0. The van der Waals surface area contributed by atoms with E-state index in [4.69, 9.17) is 9.47 Å². The van der Waals surface area contributed by atoms with Crippen molar-refractivity contribution in [2.45, 2.75) is 16.5 Å². The average Bonchev–Trinajstić information content (AvgIpc) is 3.14. The van der Waals surface area contributed by atoms with Gasteiger partial charge in [0.05, 0.1) is 20.6 Å². The minimum atomic E-state index is -0.155. The SMILES string of the molecule is COc1ccc(CC(=O)Nc2nnc(SCc3ccccc3)s2)cc1OC. The third kappa shape index (κ3) is 5.45. The molecule has 27 heavy (non-hydrogen) atoms. The van der Waals surface area contributed by atoms with Gasteiger partial charge in [-0.25, -0.2) is 0 Å². The van der Waals surface area contributed by atoms with E-state index in [0.29, 0.717) is 16.6 Å². The predicted octanol–water partition coefficient (Wildman–Crippen LogP) is 4.03. The van der Waals surface area contributed by atoms with Gasteiger partial charge < -0.3 is 14.8 Å². The highest BCUT2D eigenvalue weighted by Gasteiger charge is 2.11. The maximum atomic E-state index is 12.3. The van der Waals surface area contributed by atoms with Gasteiger partial charge in [-0.2, -0.15) is 0 Å². The second-order valence-electron chi connectivity index (χ2n) is 5.56. The summed E-state index contributed by atoms with van der Waals surface area (Å²) in [4.78, 5) is 12.3. The molecule has 1 aromatic heterocycles. The topological polar surface area (TPSA) is 73.3 Å². The van der Waals surface area contributed by atoms with Crippen LogP contribution in [-0.4, -0.2) is 30.3 Å². The number of hydrogen-bond acceptors (Lipinski definition) is 7. The summed E-state index contributed by atoms with van der Waals surface area (Å²) in [7, 11) is 3.14. The number of carbonyl (C=O) groups excluding carboxylic acids is 1. The van der Waals surface area contributed by atoms with Crippen LogP contribution in [-0.2, 0) is 17.0 Å². The summed E-state index contributed by atoms with van der Waals surface area (Å²) in [5.74, 6) is 1.89. The summed E-state index contributed by atoms with van der Waals surface area (Å²) >= 11 is 2.97. The summed E-state index contributed by atoms with van der Waals surface area (Å²) in [6, 6.07) is 15.6. The smallest absolute Gasteiger partial charge is 0.230 e. The standard InChI is InChI=1S/C19H19N3O3S2/c1-24-15-9-8-14(10-16(15)25-2)11-17(23)20-18-21-22-19(27-18)26-12-13-6-4-3-5-7-13/h3-10H,11-12H2,1-2H3,(H,20,21,23). The van der Waals surface area contributed by atoms with E-state index in [1.165, 1.54) is 16.9 Å². The van der Waals surface area contributed by atoms with Crippen molar-refractivity contribution in [2.24, 2.45) is 0 Å². The van der Waals surface area contributed by atoms with Crippen molar-refractivity contribution in [1.29, 1.82) is 0 Å². The maximum Gasteiger partial charge on any atom is 0.230 e. The first kappa shape index (κ1) is 19.2. The lowest BCUT2D eigenvalue weighted by Crippen LogP contribution is -2.14. The van der Waals surface area contributed by atoms with Gasteiger partial charge in [0.15, 0.2) is 15.8 Å². The van der Waals surface area contributed by atoms with Crippen LogP contribution < -0.4 is 14.8 Å². The number of benzene rings is 2. The first-order valence-electron chi connectivity index (χ1n) is 8.19. The van der Waals surface area contributed by atoms with E-state index in [-0.39, 0.29) is 12.3 Å². The van der Waals surface area contributed by atoms with Crippen LogP contribution in [0, 0.1) is 0 Å². The van der Waals surface area contributed by atoms with E-state index < -0.39 is 0 Å². The van der Waals surface area contributed by atoms with Crippen molar-refractivity contribution < 1.29 is 14.3 Å². The molecule has 0 aliphatic heterocycles. The molecule has 6 nitrogen and oxygen atoms in total. The fourth-order valence-electron chi connectivity index (χ4n) is 2.38. The number of nitrogens with zero attached hydrogens (tertiary/aromatic N) is 2. The van der Waals surface area contributed by atoms with Crippen molar-refractivity contribution in [3.8, 4) is 11.5 Å². The van der Waals surface area contributed by atoms with Crippen molar-refractivity contribution in [1.82, 2.24) is 10.2 Å². The molecular formula is C19H19N3O3S2. The molecule has 0 bridgehead atoms. The van der Waals surface area contributed by atoms with E-state index in [2.05, 4.69) is 27.6 Å². The molecule has 3 aromatic rings. The average molecular weight is 402 g/mol. The van der Waals surface area contributed by atoms with Gasteiger partial charge in [0.1, 0.15) is 0 Å². The molecule has 140 valence electrons. The Hall–Kier alpha value is -2.58. The fraction of sp³-hybridized carbons (Fsp3) is 0.211. The summed E-state index contributed by atoms with van der Waals surface area (Å²) in [5, 5.41) is 11.5. The number of hydrogen-bond donors (Lipinski definition) is 1. The minimum Gasteiger partial charge on any atom is -0.493 e. The van der Waals surface area contributed by atoms with Gasteiger partial charge in [-0.05, 0) is 23.3 Å². The predicted molar refractivity (Wildman–Crippen MR) is 108 cm³/mol. The Labute approximate surface area is 165 Å². The molecule has 0 aliphatic rings. The zero-order valence-electron chi connectivity index (χ0n) is 15.0. The number of carbonyl (C=O) groups is 1. The molecule has 1 heterocycles. The fourth-order valence-corrected chi connectivity index (χ4v) is 4.10. The largest absolute Gasteiger partial charge is 0.493 e. The molecule has 1 N–H and O–H groups in total. The Bertz CT molecular complexity index is 900. The molecule has 0 aliphatic carbocycles. The number of methoxy groups -OCH3 is 2. The lowest BCUT2D eigenvalue weighted by molar-refractivity contribution is -0.115. The normalized spacial score (nSPS) is 10.4. The number of ether oxygens (including phenoxy) is 2. The Morgan fingerprint density at radius 1 is 1.04 bits per heavy atom. The Morgan fingerprint density at radius 2 is 1.81 bits per heavy atom. The number of thioether (sulfide) groups is 1. The zero-order chi connectivity index (χ0) is 19.1. The van der Waals surface area contributed by atoms with Crippen molar-refractivity contribution in [2.75, 3.05) is 19.5 Å². The number of nitrogens with one attached hydrogen (secondary N) is 1. The number of rotatable bonds is 8. The number of anilines is 1. The molecule has 8 heteroatoms. The van der Waals surface area contributed by atoms with E-state index in [0.717, 1.165) is 15.7 Å². The van der Waals surface area contributed by atoms with Gasteiger partial charge >= 0.3 is 0 Å². The highest BCUT2D eigenvalue weighted by atomic mass is 32.2. The molecule has 0 atom stereocenters. The zero-order valence-corrected chi connectivity index (χ0v) is 16.6. The molecule has 0 fully saturated rings. The van der Waals surface area contributed by atoms with Crippen LogP contribution in [0.2, 0.25) is 0 Å². The Morgan fingerprint density at radius 3 is 2.56 bits per heavy atom. The number of aromatic nitrogens is 2. The molecule has 1 amide bonds. The van der Waals surface area contributed by atoms with Crippen LogP contribution in [0.1, 0.15) is 11.1 Å². The van der Waals surface area contributed by atoms with Crippen LogP contribution in [0.4, 0.5) is 5.13 Å². The monoisotopic (exact) mass is 401 g/mol. The highest BCUT2D eigenvalue weighted by Crippen LogP contribution is 2.29. The van der Waals surface area contributed by atoms with Crippen LogP contribution in [0.25, 0.3) is 0 Å². The van der Waals surface area contributed by atoms with Crippen molar-refractivity contribution in [3.05, 3.63) is 59.7 Å². The van der Waals surface area contributed by atoms with Crippen LogP contribution in [0.3, 0.4) is 0 Å². The molecule has 2 aromatic carbocycles. The minimum absolute atomic E-state index is 0.155. The summed E-state index contributed by atoms with van der Waals surface area (Å²) in [5.41, 5.74) is 2.05. The van der Waals surface area contributed by atoms with Crippen LogP contribution in [0.5, 0.6) is 11.5 Å². The van der Waals surface area contributed by atoms with Crippen LogP contribution in [0.15, 0.2) is 52.9 Å². The summed E-state index contributed by atoms with van der Waals surface area (Å²) in [6.07, 6.45) is 0.215. The highest BCUT2D eigenvalue weighted by molar-refractivity contribution is 8.00. The van der Waals surface area contributed by atoms with Gasteiger partial charge in [-0.3, -0.25) is 4.79 Å². The third-order valence-electron chi connectivity index (χ3n) is 3.67. The van der Waals surface area contributed by atoms with Gasteiger partial charge in [0.25, 0.3) is 0 Å². The molecule has 0 spiro atoms. The number of amides is 1. The first-order chi connectivity index (χ1) is 13.2. The Kier molecular flexibility index (Phi) is 6.67. The maximum absolute atomic E-state index is 12.3. The van der Waals surface area contributed by atoms with Gasteiger partial charge in [-0.1, -0.05) is 59.5 Å². The quantitative estimate of drug-likeness (QED) is 0.454. The van der Waals surface area contributed by atoms with E-state index >= 15 is 0 Å². The second-order valence-corrected chi connectivity index (χ2v) is 7.76. The summed E-state index contributed by atoms with van der Waals surface area (Å²) < 4.78 is 11.3. The van der Waals surface area contributed by atoms with E-state index in [1.54, 1.807) is 38.1 Å². The van der Waals surface area contributed by atoms with E-state index in [1.807, 2.05) is 24.3 Å². The third-order valence-corrected chi connectivity index (χ3v) is 5.71. The molecular weight excluding hydrogens is 382 g/mol. The molecule has 0 unspecified atom stereocenters. The van der Waals surface area contributed by atoms with Gasteiger partial charge in [0, 0.05) is 5.75 Å². The molecule has 3 rings (SSSR count). The van der Waals surface area contributed by atoms with Crippen molar-refractivity contribution in [3.63, 3.8) is 0 Å². The van der Waals surface area contributed by atoms with E-state index in [9.17, 15) is 4.79 Å². The van der Waals surface area contributed by atoms with Gasteiger partial charge in [0.2, 0.25) is 11.0 Å². The van der Waals surface area contributed by atoms with Gasteiger partial charge in [-0.15, -0.1) is 10.2 Å². The Balaban J connectivity index is 1.54. The lowest BCUT2D eigenvalue weighted by Gasteiger charge is -2.09. The molecule has 0 saturated carbocycles. The van der Waals surface area contributed by atoms with Crippen LogP contribution >= 0.6 is 23.1 Å². The second kappa shape index (κ2) is 9.38. The molecule has 0 saturated heterocycles.